The summed E-state index contributed by atoms with van der Waals surface area (Å²) in [7, 11) is 0.861. The van der Waals surface area contributed by atoms with E-state index >= 15 is 0 Å². The molecule has 82 valence electrons. The Morgan fingerprint density at radius 3 is 2.14 bits per heavy atom. The molecule has 0 bridgehead atoms. The highest BCUT2D eigenvalue weighted by Crippen LogP contribution is 2.20. The molecule has 0 spiro atoms. The molecule has 0 aliphatic heterocycles. The number of hydrogen-bond acceptors (Lipinski definition) is 4. The first kappa shape index (κ1) is 13.5. The minimum absolute atomic E-state index is 0.171. The van der Waals surface area contributed by atoms with Gasteiger partial charge in [0.1, 0.15) is 5.67 Å². The summed E-state index contributed by atoms with van der Waals surface area (Å²) < 4.78 is 10.7. The van der Waals surface area contributed by atoms with Crippen LogP contribution in [-0.2, 0) is 13.6 Å². The summed E-state index contributed by atoms with van der Waals surface area (Å²) in [4.78, 5) is 14.1. The topological polar surface area (TPSA) is 47.9 Å². The maximum absolute atomic E-state index is 10.3. The van der Waals surface area contributed by atoms with Crippen LogP contribution in [0, 0.1) is 5.92 Å². The lowest BCUT2D eigenvalue weighted by atomic mass is 10.1. The van der Waals surface area contributed by atoms with Crippen molar-refractivity contribution in [3.63, 3.8) is 0 Å². The molecule has 14 heavy (non-hydrogen) atoms. The molecule has 0 aliphatic rings. The van der Waals surface area contributed by atoms with Crippen molar-refractivity contribution < 1.29 is 13.6 Å². The van der Waals surface area contributed by atoms with Crippen LogP contribution in [0.4, 0.5) is 0 Å². The van der Waals surface area contributed by atoms with Crippen LogP contribution in [0.25, 0.3) is 0 Å². The molecule has 0 heterocycles. The summed E-state index contributed by atoms with van der Waals surface area (Å²) in [6.07, 6.45) is 2.39. The molecule has 0 radical (unpaired) electrons. The van der Waals surface area contributed by atoms with E-state index in [4.69, 9.17) is 8.85 Å². The van der Waals surface area contributed by atoms with E-state index in [1.807, 2.05) is 6.55 Å². The van der Waals surface area contributed by atoms with Crippen LogP contribution >= 0.6 is 0 Å². The molecule has 0 saturated carbocycles. The molecule has 0 fully saturated rings. The van der Waals surface area contributed by atoms with Crippen molar-refractivity contribution in [3.8, 4) is 0 Å². The van der Waals surface area contributed by atoms with Crippen molar-refractivity contribution in [2.24, 2.45) is 10.9 Å². The normalized spacial score (nSPS) is 13.9. The molecular weight excluding hydrogens is 198 g/mol. The lowest BCUT2D eigenvalue weighted by Crippen LogP contribution is -2.48. The van der Waals surface area contributed by atoms with Gasteiger partial charge in [0.15, 0.2) is 0 Å². The zero-order valence-electron chi connectivity index (χ0n) is 9.53. The molecule has 0 rings (SSSR count). The Kier molecular flexibility index (Phi) is 5.88. The molecule has 0 saturated heterocycles. The number of hydrogen-bond donors (Lipinski definition) is 0. The zero-order valence-corrected chi connectivity index (χ0v) is 10.5. The van der Waals surface area contributed by atoms with Gasteiger partial charge in [-0.1, -0.05) is 13.8 Å². The molecule has 0 N–H and O–H groups in total. The Morgan fingerprint density at radius 2 is 1.86 bits per heavy atom. The Balaban J connectivity index is 4.68. The lowest BCUT2D eigenvalue weighted by Gasteiger charge is -2.29. The highest BCUT2D eigenvalue weighted by Gasteiger charge is 2.40. The highest BCUT2D eigenvalue weighted by molar-refractivity contribution is 6.67. The number of carbonyl (C=O) groups excluding carboxylic acids is 1. The fraction of sp³-hybridized carbons (Fsp3) is 0.889. The van der Waals surface area contributed by atoms with Gasteiger partial charge in [-0.15, -0.1) is 0 Å². The Hall–Kier alpha value is -0.483. The van der Waals surface area contributed by atoms with Gasteiger partial charge in [-0.25, -0.2) is 9.79 Å². The van der Waals surface area contributed by atoms with E-state index in [0.717, 1.165) is 6.42 Å². The van der Waals surface area contributed by atoms with Crippen LogP contribution in [0.3, 0.4) is 0 Å². The van der Waals surface area contributed by atoms with Crippen LogP contribution in [0.5, 0.6) is 0 Å². The highest BCUT2D eigenvalue weighted by atomic mass is 28.4. The van der Waals surface area contributed by atoms with Crippen molar-refractivity contribution in [1.29, 1.82) is 0 Å². The first-order valence-corrected chi connectivity index (χ1v) is 7.06. The summed E-state index contributed by atoms with van der Waals surface area (Å²) >= 11 is 0. The fourth-order valence-corrected chi connectivity index (χ4v) is 3.15. The third kappa shape index (κ3) is 3.72. The monoisotopic (exact) mass is 217 g/mol. The quantitative estimate of drug-likeness (QED) is 0.386. The second kappa shape index (κ2) is 6.09. The molecule has 0 amide bonds. The van der Waals surface area contributed by atoms with E-state index in [-0.39, 0.29) is 5.67 Å². The van der Waals surface area contributed by atoms with Crippen LogP contribution in [-0.4, -0.2) is 34.5 Å². The van der Waals surface area contributed by atoms with Gasteiger partial charge in [0.25, 0.3) is 0 Å². The predicted octanol–water partition coefficient (Wildman–Crippen LogP) is 1.64. The Morgan fingerprint density at radius 1 is 1.36 bits per heavy atom. The third-order valence-electron chi connectivity index (χ3n) is 2.32. The van der Waals surface area contributed by atoms with Crippen LogP contribution < -0.4 is 0 Å². The number of rotatable bonds is 6. The number of isocyanates is 1. The maximum Gasteiger partial charge on any atom is 0.360 e. The number of nitrogens with zero attached hydrogens (tertiary/aromatic N) is 1. The third-order valence-corrected chi connectivity index (χ3v) is 5.52. The molecule has 0 aromatic rings. The smallest absolute Gasteiger partial charge is 0.360 e. The zero-order chi connectivity index (χ0) is 11.2. The van der Waals surface area contributed by atoms with Crippen molar-refractivity contribution >= 4 is 14.6 Å². The van der Waals surface area contributed by atoms with E-state index in [1.165, 1.54) is 0 Å². The van der Waals surface area contributed by atoms with E-state index in [9.17, 15) is 4.79 Å². The van der Waals surface area contributed by atoms with Gasteiger partial charge in [-0.3, -0.25) is 0 Å². The Labute approximate surface area is 86.6 Å². The van der Waals surface area contributed by atoms with Gasteiger partial charge in [-0.2, -0.15) is 0 Å². The second-order valence-electron chi connectivity index (χ2n) is 3.79. The number of aliphatic imine (C=N–C) groups is 1. The molecular formula is C9H19NO3Si. The summed E-state index contributed by atoms with van der Waals surface area (Å²) in [5.74, 6) is 0.453. The van der Waals surface area contributed by atoms with Crippen LogP contribution in [0.1, 0.15) is 20.3 Å². The van der Waals surface area contributed by atoms with Gasteiger partial charge in [0.05, 0.1) is 0 Å². The largest absolute Gasteiger partial charge is 0.397 e. The molecule has 0 aliphatic carbocycles. The van der Waals surface area contributed by atoms with Crippen LogP contribution in [0.15, 0.2) is 4.99 Å². The SMILES string of the molecule is CO[Si](C)(OC)C(CC(C)C)N=C=O. The first-order chi connectivity index (χ1) is 6.50. The standard InChI is InChI=1S/C9H19NO3Si/c1-8(2)6-9(10-7-11)14(5,12-3)13-4/h8-9H,6H2,1-5H3. The van der Waals surface area contributed by atoms with Crippen molar-refractivity contribution in [2.45, 2.75) is 32.5 Å². The first-order valence-electron chi connectivity index (χ1n) is 4.67. The van der Waals surface area contributed by atoms with Gasteiger partial charge in [0, 0.05) is 14.2 Å². The molecule has 1 atom stereocenters. The fourth-order valence-electron chi connectivity index (χ4n) is 1.25. The summed E-state index contributed by atoms with van der Waals surface area (Å²) in [5.41, 5.74) is -0.171. The minimum Gasteiger partial charge on any atom is -0.397 e. The maximum atomic E-state index is 10.3. The molecule has 0 aromatic heterocycles. The second-order valence-corrected chi connectivity index (χ2v) is 7.30. The van der Waals surface area contributed by atoms with Crippen LogP contribution in [0.2, 0.25) is 6.55 Å². The minimum atomic E-state index is -2.34. The van der Waals surface area contributed by atoms with E-state index in [1.54, 1.807) is 20.3 Å². The lowest BCUT2D eigenvalue weighted by molar-refractivity contribution is 0.232. The summed E-state index contributed by atoms with van der Waals surface area (Å²) in [6.45, 7) is 6.06. The molecule has 0 aromatic carbocycles. The van der Waals surface area contributed by atoms with Gasteiger partial charge in [-0.05, 0) is 18.9 Å². The molecule has 1 unspecified atom stereocenters. The Bertz CT molecular complexity index is 210. The van der Waals surface area contributed by atoms with Crippen molar-refractivity contribution in [3.05, 3.63) is 0 Å². The van der Waals surface area contributed by atoms with Gasteiger partial charge in [0.2, 0.25) is 6.08 Å². The van der Waals surface area contributed by atoms with E-state index < -0.39 is 8.56 Å². The summed E-state index contributed by atoms with van der Waals surface area (Å²) in [5, 5.41) is 0. The summed E-state index contributed by atoms with van der Waals surface area (Å²) in [6, 6.07) is 0. The van der Waals surface area contributed by atoms with Gasteiger partial charge < -0.3 is 8.85 Å². The average Bonchev–Trinajstić information content (AvgIpc) is 2.15. The predicted molar refractivity (Wildman–Crippen MR) is 57.0 cm³/mol. The van der Waals surface area contributed by atoms with E-state index in [2.05, 4.69) is 18.8 Å². The van der Waals surface area contributed by atoms with Crippen molar-refractivity contribution in [2.75, 3.05) is 14.2 Å². The van der Waals surface area contributed by atoms with Crippen molar-refractivity contribution in [1.82, 2.24) is 0 Å². The van der Waals surface area contributed by atoms with Gasteiger partial charge >= 0.3 is 8.56 Å². The van der Waals surface area contributed by atoms with E-state index in [0.29, 0.717) is 5.92 Å². The molecule has 4 nitrogen and oxygen atoms in total. The average molecular weight is 217 g/mol. The molecule has 5 heteroatoms.